The van der Waals surface area contributed by atoms with Crippen molar-refractivity contribution in [1.82, 2.24) is 10.2 Å². The highest BCUT2D eigenvalue weighted by atomic mass is 15.1. The van der Waals surface area contributed by atoms with Crippen molar-refractivity contribution in [3.8, 4) is 0 Å². The van der Waals surface area contributed by atoms with Crippen molar-refractivity contribution in [1.29, 1.82) is 0 Å². The SMILES string of the molecule is CCCN(C)CCNCC1CCCCC1. The maximum atomic E-state index is 3.60. The van der Waals surface area contributed by atoms with Crippen molar-refractivity contribution in [3.63, 3.8) is 0 Å². The first-order valence-corrected chi connectivity index (χ1v) is 6.72. The molecule has 0 atom stereocenters. The van der Waals surface area contributed by atoms with Crippen LogP contribution in [0.1, 0.15) is 45.4 Å². The van der Waals surface area contributed by atoms with Gasteiger partial charge in [0.1, 0.15) is 0 Å². The summed E-state index contributed by atoms with van der Waals surface area (Å²) in [5.41, 5.74) is 0. The average molecular weight is 212 g/mol. The zero-order chi connectivity index (χ0) is 10.9. The molecule has 0 unspecified atom stereocenters. The number of nitrogens with zero attached hydrogens (tertiary/aromatic N) is 1. The van der Waals surface area contributed by atoms with Gasteiger partial charge in [-0.3, -0.25) is 0 Å². The molecule has 0 aromatic rings. The third kappa shape index (κ3) is 6.16. The number of hydrogen-bond donors (Lipinski definition) is 1. The van der Waals surface area contributed by atoms with E-state index in [0.29, 0.717) is 0 Å². The van der Waals surface area contributed by atoms with Crippen LogP contribution in [-0.2, 0) is 0 Å². The van der Waals surface area contributed by atoms with Crippen LogP contribution in [0.15, 0.2) is 0 Å². The molecule has 0 aliphatic heterocycles. The molecule has 1 aliphatic carbocycles. The van der Waals surface area contributed by atoms with Gasteiger partial charge in [-0.05, 0) is 45.3 Å². The first-order chi connectivity index (χ1) is 7.33. The Morgan fingerprint density at radius 1 is 1.13 bits per heavy atom. The second kappa shape index (κ2) is 8.12. The minimum absolute atomic E-state index is 0.968. The molecular formula is C13H28N2. The van der Waals surface area contributed by atoms with Crippen LogP contribution in [0.2, 0.25) is 0 Å². The predicted octanol–water partition coefficient (Wildman–Crippen LogP) is 2.50. The van der Waals surface area contributed by atoms with Crippen LogP contribution in [-0.4, -0.2) is 38.1 Å². The molecule has 0 bridgehead atoms. The van der Waals surface area contributed by atoms with Crippen LogP contribution in [0.4, 0.5) is 0 Å². The van der Waals surface area contributed by atoms with E-state index in [0.717, 1.165) is 12.5 Å². The standard InChI is InChI=1S/C13H28N2/c1-3-10-15(2)11-9-14-12-13-7-5-4-6-8-13/h13-14H,3-12H2,1-2H3. The fraction of sp³-hybridized carbons (Fsp3) is 1.00. The summed E-state index contributed by atoms with van der Waals surface area (Å²) in [6.07, 6.45) is 8.56. The summed E-state index contributed by atoms with van der Waals surface area (Å²) < 4.78 is 0. The first-order valence-electron chi connectivity index (χ1n) is 6.72. The highest BCUT2D eigenvalue weighted by Gasteiger charge is 2.12. The first kappa shape index (κ1) is 13.0. The van der Waals surface area contributed by atoms with E-state index in [1.54, 1.807) is 0 Å². The summed E-state index contributed by atoms with van der Waals surface area (Å²) in [5, 5.41) is 3.60. The lowest BCUT2D eigenvalue weighted by atomic mass is 9.89. The van der Waals surface area contributed by atoms with Gasteiger partial charge in [-0.1, -0.05) is 26.2 Å². The molecule has 1 aliphatic rings. The summed E-state index contributed by atoms with van der Waals surface area (Å²) in [6, 6.07) is 0. The van der Waals surface area contributed by atoms with Gasteiger partial charge in [0.15, 0.2) is 0 Å². The van der Waals surface area contributed by atoms with Crippen molar-refractivity contribution in [2.24, 2.45) is 5.92 Å². The van der Waals surface area contributed by atoms with E-state index < -0.39 is 0 Å². The Kier molecular flexibility index (Phi) is 7.03. The molecule has 0 saturated heterocycles. The monoisotopic (exact) mass is 212 g/mol. The second-order valence-corrected chi connectivity index (χ2v) is 5.01. The number of nitrogens with one attached hydrogen (secondary N) is 1. The van der Waals surface area contributed by atoms with Gasteiger partial charge >= 0.3 is 0 Å². The van der Waals surface area contributed by atoms with Crippen LogP contribution in [0.25, 0.3) is 0 Å². The molecule has 0 aromatic heterocycles. The van der Waals surface area contributed by atoms with Gasteiger partial charge in [0.25, 0.3) is 0 Å². The Labute approximate surface area is 95.4 Å². The molecule has 0 heterocycles. The maximum Gasteiger partial charge on any atom is 0.0104 e. The molecule has 90 valence electrons. The lowest BCUT2D eigenvalue weighted by Crippen LogP contribution is -2.32. The zero-order valence-corrected chi connectivity index (χ0v) is 10.6. The van der Waals surface area contributed by atoms with E-state index in [2.05, 4.69) is 24.2 Å². The van der Waals surface area contributed by atoms with Gasteiger partial charge in [-0.15, -0.1) is 0 Å². The Morgan fingerprint density at radius 2 is 1.87 bits per heavy atom. The molecule has 0 amide bonds. The number of likely N-dealkylation sites (N-methyl/N-ethyl adjacent to an activating group) is 1. The van der Waals surface area contributed by atoms with E-state index in [1.165, 1.54) is 58.2 Å². The Hall–Kier alpha value is -0.0800. The van der Waals surface area contributed by atoms with E-state index in [-0.39, 0.29) is 0 Å². The van der Waals surface area contributed by atoms with E-state index in [9.17, 15) is 0 Å². The topological polar surface area (TPSA) is 15.3 Å². The van der Waals surface area contributed by atoms with Gasteiger partial charge in [-0.25, -0.2) is 0 Å². The van der Waals surface area contributed by atoms with Gasteiger partial charge in [-0.2, -0.15) is 0 Å². The molecule has 15 heavy (non-hydrogen) atoms. The average Bonchev–Trinajstić information content (AvgIpc) is 2.26. The van der Waals surface area contributed by atoms with Crippen LogP contribution >= 0.6 is 0 Å². The molecule has 2 heteroatoms. The molecule has 2 nitrogen and oxygen atoms in total. The molecule has 0 spiro atoms. The lowest BCUT2D eigenvalue weighted by Gasteiger charge is -2.22. The normalized spacial score (nSPS) is 18.6. The summed E-state index contributed by atoms with van der Waals surface area (Å²) in [7, 11) is 2.21. The summed E-state index contributed by atoms with van der Waals surface area (Å²) in [6.45, 7) is 7.07. The summed E-state index contributed by atoms with van der Waals surface area (Å²) in [5.74, 6) is 0.968. The Morgan fingerprint density at radius 3 is 2.53 bits per heavy atom. The lowest BCUT2D eigenvalue weighted by molar-refractivity contribution is 0.309. The maximum absolute atomic E-state index is 3.60. The largest absolute Gasteiger partial charge is 0.315 e. The van der Waals surface area contributed by atoms with Crippen molar-refractivity contribution >= 4 is 0 Å². The van der Waals surface area contributed by atoms with Crippen molar-refractivity contribution in [3.05, 3.63) is 0 Å². The van der Waals surface area contributed by atoms with Crippen molar-refractivity contribution < 1.29 is 0 Å². The quantitative estimate of drug-likeness (QED) is 0.652. The second-order valence-electron chi connectivity index (χ2n) is 5.01. The Bertz CT molecular complexity index is 141. The van der Waals surface area contributed by atoms with Crippen LogP contribution in [0.5, 0.6) is 0 Å². The highest BCUT2D eigenvalue weighted by molar-refractivity contribution is 4.68. The number of hydrogen-bond acceptors (Lipinski definition) is 2. The van der Waals surface area contributed by atoms with E-state index in [4.69, 9.17) is 0 Å². The summed E-state index contributed by atoms with van der Waals surface area (Å²) in [4.78, 5) is 2.41. The van der Waals surface area contributed by atoms with Crippen LogP contribution < -0.4 is 5.32 Å². The molecule has 1 N–H and O–H groups in total. The fourth-order valence-corrected chi connectivity index (χ4v) is 2.46. The van der Waals surface area contributed by atoms with Gasteiger partial charge in [0, 0.05) is 13.1 Å². The highest BCUT2D eigenvalue weighted by Crippen LogP contribution is 2.22. The fourth-order valence-electron chi connectivity index (χ4n) is 2.46. The number of rotatable bonds is 7. The molecular weight excluding hydrogens is 184 g/mol. The molecule has 0 aromatic carbocycles. The zero-order valence-electron chi connectivity index (χ0n) is 10.6. The van der Waals surface area contributed by atoms with Crippen LogP contribution in [0.3, 0.4) is 0 Å². The molecule has 0 radical (unpaired) electrons. The molecule has 1 rings (SSSR count). The van der Waals surface area contributed by atoms with E-state index >= 15 is 0 Å². The minimum Gasteiger partial charge on any atom is -0.315 e. The van der Waals surface area contributed by atoms with Gasteiger partial charge in [0.2, 0.25) is 0 Å². The van der Waals surface area contributed by atoms with Gasteiger partial charge < -0.3 is 10.2 Å². The predicted molar refractivity (Wildman–Crippen MR) is 67.2 cm³/mol. The third-order valence-electron chi connectivity index (χ3n) is 3.43. The van der Waals surface area contributed by atoms with E-state index in [1.807, 2.05) is 0 Å². The Balaban J connectivity index is 1.91. The summed E-state index contributed by atoms with van der Waals surface area (Å²) >= 11 is 0. The van der Waals surface area contributed by atoms with Crippen LogP contribution in [0, 0.1) is 5.92 Å². The third-order valence-corrected chi connectivity index (χ3v) is 3.43. The van der Waals surface area contributed by atoms with Gasteiger partial charge in [0.05, 0.1) is 0 Å². The minimum atomic E-state index is 0.968. The van der Waals surface area contributed by atoms with Crippen molar-refractivity contribution in [2.45, 2.75) is 45.4 Å². The molecule has 1 saturated carbocycles. The molecule has 1 fully saturated rings. The smallest absolute Gasteiger partial charge is 0.0104 e. The van der Waals surface area contributed by atoms with Crippen molar-refractivity contribution in [2.75, 3.05) is 33.2 Å².